The zero-order valence-electron chi connectivity index (χ0n) is 26.9. The number of esters is 1. The van der Waals surface area contributed by atoms with E-state index < -0.39 is 54.1 Å². The summed E-state index contributed by atoms with van der Waals surface area (Å²) < 4.78 is 49.8. The molecule has 0 aromatic heterocycles. The number of fused-ring (bicyclic) bond motifs is 3. The number of hydrogen-bond acceptors (Lipinski definition) is 9. The van der Waals surface area contributed by atoms with E-state index >= 15 is 0 Å². The molecule has 46 heavy (non-hydrogen) atoms. The number of hydrogen-bond donors (Lipinski definition) is 0. The van der Waals surface area contributed by atoms with E-state index in [-0.39, 0.29) is 25.8 Å². The Labute approximate surface area is 271 Å². The van der Waals surface area contributed by atoms with Crippen LogP contribution in [0.15, 0.2) is 91.0 Å². The van der Waals surface area contributed by atoms with Crippen molar-refractivity contribution in [1.29, 1.82) is 0 Å². The first kappa shape index (κ1) is 32.8. The molecule has 0 radical (unpaired) electrons. The van der Waals surface area contributed by atoms with E-state index in [1.165, 1.54) is 0 Å². The van der Waals surface area contributed by atoms with Crippen LogP contribution in [-0.2, 0) is 48.3 Å². The fourth-order valence-corrected chi connectivity index (χ4v) is 7.04. The van der Waals surface area contributed by atoms with Gasteiger partial charge >= 0.3 is 5.97 Å². The van der Waals surface area contributed by atoms with Crippen LogP contribution < -0.4 is 0 Å². The fraction of sp³-hybridized carbons (Fsp3) is 0.486. The number of carbonyl (C=O) groups excluding carboxylic acids is 1. The van der Waals surface area contributed by atoms with Crippen molar-refractivity contribution < 1.29 is 42.7 Å². The molecule has 9 heteroatoms. The van der Waals surface area contributed by atoms with Gasteiger partial charge in [-0.3, -0.25) is 4.79 Å². The van der Waals surface area contributed by atoms with Crippen molar-refractivity contribution >= 4 is 5.97 Å². The zero-order chi connectivity index (χ0) is 32.1. The van der Waals surface area contributed by atoms with Gasteiger partial charge in [-0.2, -0.15) is 0 Å². The number of benzene rings is 3. The van der Waals surface area contributed by atoms with Crippen molar-refractivity contribution in [2.24, 2.45) is 0 Å². The van der Waals surface area contributed by atoms with Gasteiger partial charge in [-0.1, -0.05) is 91.0 Å². The lowest BCUT2D eigenvalue weighted by molar-refractivity contribution is -0.199. The van der Waals surface area contributed by atoms with Crippen LogP contribution in [0.25, 0.3) is 0 Å². The van der Waals surface area contributed by atoms with Crippen LogP contribution in [0.1, 0.15) is 50.3 Å². The molecule has 0 N–H and O–H groups in total. The lowest BCUT2D eigenvalue weighted by Crippen LogP contribution is -2.57. The Morgan fingerprint density at radius 1 is 0.761 bits per heavy atom. The van der Waals surface area contributed by atoms with Gasteiger partial charge in [0.25, 0.3) is 0 Å². The molecule has 0 spiro atoms. The molecule has 3 saturated heterocycles. The van der Waals surface area contributed by atoms with Crippen LogP contribution in [0.4, 0.5) is 0 Å². The summed E-state index contributed by atoms with van der Waals surface area (Å²) >= 11 is 0. The highest BCUT2D eigenvalue weighted by molar-refractivity contribution is 5.70. The Hall–Kier alpha value is -3.15. The molecule has 3 aromatic carbocycles. The highest BCUT2D eigenvalue weighted by Gasteiger charge is 2.62. The normalized spacial score (nSPS) is 28.4. The summed E-state index contributed by atoms with van der Waals surface area (Å²) in [5, 5.41) is 0. The van der Waals surface area contributed by atoms with Gasteiger partial charge in [0.1, 0.15) is 42.9 Å². The van der Waals surface area contributed by atoms with Crippen molar-refractivity contribution in [1.82, 2.24) is 0 Å². The van der Waals surface area contributed by atoms with Gasteiger partial charge in [-0.25, -0.2) is 0 Å². The molecule has 0 aliphatic carbocycles. The monoisotopic (exact) mass is 632 g/mol. The summed E-state index contributed by atoms with van der Waals surface area (Å²) in [5.74, 6) is -1.22. The average molecular weight is 633 g/mol. The predicted molar refractivity (Wildman–Crippen MR) is 169 cm³/mol. The molecule has 6 rings (SSSR count). The van der Waals surface area contributed by atoms with Crippen molar-refractivity contribution in [3.63, 3.8) is 0 Å². The number of ether oxygens (including phenoxy) is 8. The van der Waals surface area contributed by atoms with E-state index in [1.54, 1.807) is 14.0 Å². The molecule has 0 bridgehead atoms. The molecule has 3 aromatic rings. The summed E-state index contributed by atoms with van der Waals surface area (Å²) in [6, 6.07) is 30.8. The van der Waals surface area contributed by atoms with Gasteiger partial charge < -0.3 is 37.9 Å². The maximum atomic E-state index is 12.6. The molecule has 3 aliphatic rings. The van der Waals surface area contributed by atoms with Gasteiger partial charge in [-0.15, -0.1) is 0 Å². The topological polar surface area (TPSA) is 90.9 Å². The van der Waals surface area contributed by atoms with E-state index in [0.29, 0.717) is 13.0 Å². The minimum atomic E-state index is -0.866. The number of methoxy groups -OCH3 is 1. The molecule has 9 nitrogen and oxygen atoms in total. The lowest BCUT2D eigenvalue weighted by Gasteiger charge is -2.39. The Balaban J connectivity index is 1.28. The average Bonchev–Trinajstić information content (AvgIpc) is 3.59. The van der Waals surface area contributed by atoms with Crippen molar-refractivity contribution in [3.8, 4) is 0 Å². The zero-order valence-corrected chi connectivity index (χ0v) is 26.9. The first-order chi connectivity index (χ1) is 22.4. The molecule has 0 unspecified atom stereocenters. The summed E-state index contributed by atoms with van der Waals surface area (Å²) in [6.07, 6.45) is -2.88. The van der Waals surface area contributed by atoms with E-state index in [1.807, 2.05) is 68.4 Å². The summed E-state index contributed by atoms with van der Waals surface area (Å²) in [6.45, 7) is 6.19. The molecule has 246 valence electrons. The van der Waals surface area contributed by atoms with Crippen LogP contribution in [-0.4, -0.2) is 81.6 Å². The molecule has 0 amide bonds. The van der Waals surface area contributed by atoms with E-state index in [2.05, 4.69) is 36.4 Å². The maximum absolute atomic E-state index is 12.6. The van der Waals surface area contributed by atoms with Gasteiger partial charge in [-0.05, 0) is 43.9 Å². The first-order valence-electron chi connectivity index (χ1n) is 16.1. The third-order valence-electron chi connectivity index (χ3n) is 8.85. The Bertz CT molecular complexity index is 1300. The number of rotatable bonds is 13. The Morgan fingerprint density at radius 2 is 1.30 bits per heavy atom. The standard InChI is InChI=1S/C37H44O9/c1-5-40-30(38)23-29-32-35(46-36(2,3)45-32)34-33(44-29)31(41-24-39-4)28(43-34)21-22-42-37(25-15-9-6-10-16-25,26-17-11-7-12-18-26)27-19-13-8-14-20-27/h6-20,28-29,31-35H,5,21-24H2,1-4H3/t28-,29+,31+,32+,33+,34-,35+/m1/s1. The molecule has 0 saturated carbocycles. The minimum absolute atomic E-state index is 0.0379. The van der Waals surface area contributed by atoms with Crippen molar-refractivity contribution in [3.05, 3.63) is 108 Å². The molecule has 7 atom stereocenters. The van der Waals surface area contributed by atoms with Crippen LogP contribution in [0.5, 0.6) is 0 Å². The fourth-order valence-electron chi connectivity index (χ4n) is 7.04. The smallest absolute Gasteiger partial charge is 0.308 e. The van der Waals surface area contributed by atoms with Crippen LogP contribution in [0, 0.1) is 0 Å². The van der Waals surface area contributed by atoms with Gasteiger partial charge in [0.2, 0.25) is 0 Å². The summed E-state index contributed by atoms with van der Waals surface area (Å²) in [7, 11) is 1.58. The Morgan fingerprint density at radius 3 is 1.85 bits per heavy atom. The molecular formula is C37H44O9. The molecule has 3 heterocycles. The second-order valence-corrected chi connectivity index (χ2v) is 12.3. The largest absolute Gasteiger partial charge is 0.466 e. The Kier molecular flexibility index (Phi) is 10.2. The third kappa shape index (κ3) is 6.64. The summed E-state index contributed by atoms with van der Waals surface area (Å²) in [4.78, 5) is 12.6. The van der Waals surface area contributed by atoms with Crippen molar-refractivity contribution in [2.45, 2.75) is 87.7 Å². The van der Waals surface area contributed by atoms with E-state index in [9.17, 15) is 4.79 Å². The van der Waals surface area contributed by atoms with Crippen LogP contribution >= 0.6 is 0 Å². The van der Waals surface area contributed by atoms with Crippen molar-refractivity contribution in [2.75, 3.05) is 27.1 Å². The molecule has 3 aliphatic heterocycles. The third-order valence-corrected chi connectivity index (χ3v) is 8.85. The quantitative estimate of drug-likeness (QED) is 0.140. The van der Waals surface area contributed by atoms with E-state index in [4.69, 9.17) is 37.9 Å². The lowest BCUT2D eigenvalue weighted by atomic mass is 9.80. The van der Waals surface area contributed by atoms with E-state index in [0.717, 1.165) is 16.7 Å². The van der Waals surface area contributed by atoms with Gasteiger partial charge in [0.15, 0.2) is 5.79 Å². The second-order valence-electron chi connectivity index (χ2n) is 12.3. The highest BCUT2D eigenvalue weighted by Crippen LogP contribution is 2.46. The van der Waals surface area contributed by atoms with Crippen LogP contribution in [0.2, 0.25) is 0 Å². The second kappa shape index (κ2) is 14.3. The molecule has 3 fully saturated rings. The first-order valence-corrected chi connectivity index (χ1v) is 16.1. The van der Waals surface area contributed by atoms with Gasteiger partial charge in [0, 0.05) is 7.11 Å². The highest BCUT2D eigenvalue weighted by atomic mass is 16.8. The van der Waals surface area contributed by atoms with Crippen LogP contribution in [0.3, 0.4) is 0 Å². The molecular weight excluding hydrogens is 588 g/mol. The minimum Gasteiger partial charge on any atom is -0.466 e. The summed E-state index contributed by atoms with van der Waals surface area (Å²) in [5.41, 5.74) is 2.20. The maximum Gasteiger partial charge on any atom is 0.308 e. The van der Waals surface area contributed by atoms with Gasteiger partial charge in [0.05, 0.1) is 31.8 Å². The predicted octanol–water partition coefficient (Wildman–Crippen LogP) is 5.38. The SMILES string of the molecule is CCOC(=O)C[C@@H]1O[C@@H]2[C@@H](O[C@H](CCOC(c3ccccc3)(c3ccccc3)c3ccccc3)[C@@H]2OCOC)[C@H]2OC(C)(C)O[C@H]21. The number of carbonyl (C=O) groups is 1.